The van der Waals surface area contributed by atoms with Gasteiger partial charge in [-0.2, -0.15) is 0 Å². The molecule has 0 atom stereocenters. The fourth-order valence-corrected chi connectivity index (χ4v) is 2.47. The van der Waals surface area contributed by atoms with E-state index < -0.39 is 5.60 Å². The second kappa shape index (κ2) is 4.62. The molecule has 1 aromatic heterocycles. The molecule has 17 heavy (non-hydrogen) atoms. The number of carbonyl (C=O) groups excluding carboxylic acids is 1. The van der Waals surface area contributed by atoms with Crippen molar-refractivity contribution in [3.63, 3.8) is 0 Å². The van der Waals surface area contributed by atoms with E-state index in [0.717, 1.165) is 5.69 Å². The van der Waals surface area contributed by atoms with Gasteiger partial charge in [0.2, 0.25) is 5.91 Å². The molecular weight excluding hydrogens is 238 g/mol. The average molecular weight is 255 g/mol. The highest BCUT2D eigenvalue weighted by atomic mass is 32.1. The van der Waals surface area contributed by atoms with Crippen LogP contribution in [0.5, 0.6) is 0 Å². The summed E-state index contributed by atoms with van der Waals surface area (Å²) < 4.78 is 0. The molecule has 5 nitrogen and oxygen atoms in total. The lowest BCUT2D eigenvalue weighted by Crippen LogP contribution is -2.45. The minimum atomic E-state index is -0.623. The first-order valence-corrected chi connectivity index (χ1v) is 6.54. The Morgan fingerprint density at radius 3 is 2.82 bits per heavy atom. The van der Waals surface area contributed by atoms with Crippen LogP contribution in [0.1, 0.15) is 25.5 Å². The summed E-state index contributed by atoms with van der Waals surface area (Å²) in [6, 6.07) is 0. The SMILES string of the molecule is CC1(O)CCN(C(=O)Cc2csc(N)n2)CC1. The number of carbonyl (C=O) groups is 1. The van der Waals surface area contributed by atoms with Crippen molar-refractivity contribution in [3.05, 3.63) is 11.1 Å². The number of likely N-dealkylation sites (tertiary alicyclic amines) is 1. The maximum Gasteiger partial charge on any atom is 0.228 e. The van der Waals surface area contributed by atoms with E-state index in [9.17, 15) is 9.90 Å². The number of aliphatic hydroxyl groups is 1. The molecule has 1 aliphatic rings. The summed E-state index contributed by atoms with van der Waals surface area (Å²) in [4.78, 5) is 17.8. The van der Waals surface area contributed by atoms with Gasteiger partial charge in [-0.25, -0.2) is 4.98 Å². The van der Waals surface area contributed by atoms with Crippen LogP contribution in [0.3, 0.4) is 0 Å². The van der Waals surface area contributed by atoms with Crippen LogP contribution in [-0.2, 0) is 11.2 Å². The number of piperidine rings is 1. The summed E-state index contributed by atoms with van der Waals surface area (Å²) in [5.41, 5.74) is 5.63. The topological polar surface area (TPSA) is 79.5 Å². The van der Waals surface area contributed by atoms with E-state index >= 15 is 0 Å². The molecule has 2 rings (SSSR count). The molecule has 1 aromatic rings. The van der Waals surface area contributed by atoms with Crippen LogP contribution in [0.4, 0.5) is 5.13 Å². The number of anilines is 1. The van der Waals surface area contributed by atoms with Gasteiger partial charge in [-0.1, -0.05) is 0 Å². The summed E-state index contributed by atoms with van der Waals surface area (Å²) in [6.07, 6.45) is 1.58. The number of amides is 1. The Labute approximate surface area is 104 Å². The van der Waals surface area contributed by atoms with E-state index in [1.807, 2.05) is 12.3 Å². The molecule has 0 aliphatic carbocycles. The Bertz CT molecular complexity index is 407. The number of rotatable bonds is 2. The number of hydrogen-bond donors (Lipinski definition) is 2. The summed E-state index contributed by atoms with van der Waals surface area (Å²) in [6.45, 7) is 3.05. The smallest absolute Gasteiger partial charge is 0.228 e. The second-order valence-corrected chi connectivity index (χ2v) is 5.62. The lowest BCUT2D eigenvalue weighted by Gasteiger charge is -2.35. The monoisotopic (exact) mass is 255 g/mol. The summed E-state index contributed by atoms with van der Waals surface area (Å²) in [5.74, 6) is 0.0609. The zero-order valence-electron chi connectivity index (χ0n) is 9.85. The number of hydrogen-bond acceptors (Lipinski definition) is 5. The number of nitrogens with two attached hydrogens (primary N) is 1. The third-order valence-corrected chi connectivity index (χ3v) is 3.82. The van der Waals surface area contributed by atoms with Gasteiger partial charge in [-0.05, 0) is 19.8 Å². The van der Waals surface area contributed by atoms with Crippen molar-refractivity contribution in [2.75, 3.05) is 18.8 Å². The Kier molecular flexibility index (Phi) is 3.35. The molecule has 1 amide bonds. The van der Waals surface area contributed by atoms with Crippen molar-refractivity contribution < 1.29 is 9.90 Å². The van der Waals surface area contributed by atoms with Gasteiger partial charge in [0.05, 0.1) is 17.7 Å². The summed E-state index contributed by atoms with van der Waals surface area (Å²) in [7, 11) is 0. The zero-order chi connectivity index (χ0) is 12.5. The third kappa shape index (κ3) is 3.17. The van der Waals surface area contributed by atoms with E-state index in [-0.39, 0.29) is 5.91 Å². The molecule has 2 heterocycles. The van der Waals surface area contributed by atoms with E-state index in [4.69, 9.17) is 5.73 Å². The van der Waals surface area contributed by atoms with E-state index in [1.54, 1.807) is 4.90 Å². The molecule has 0 unspecified atom stereocenters. The second-order valence-electron chi connectivity index (χ2n) is 4.73. The Hall–Kier alpha value is -1.14. The molecule has 94 valence electrons. The first kappa shape index (κ1) is 12.3. The van der Waals surface area contributed by atoms with Gasteiger partial charge in [0.1, 0.15) is 0 Å². The molecule has 3 N–H and O–H groups in total. The van der Waals surface area contributed by atoms with Gasteiger partial charge in [0, 0.05) is 18.5 Å². The van der Waals surface area contributed by atoms with Crippen LogP contribution in [-0.4, -0.2) is 39.6 Å². The Balaban J connectivity index is 1.89. The van der Waals surface area contributed by atoms with Crippen molar-refractivity contribution in [2.45, 2.75) is 31.8 Å². The van der Waals surface area contributed by atoms with Crippen LogP contribution in [0.25, 0.3) is 0 Å². The summed E-state index contributed by atoms with van der Waals surface area (Å²) in [5, 5.41) is 12.1. The van der Waals surface area contributed by atoms with Crippen molar-refractivity contribution in [2.24, 2.45) is 0 Å². The number of thiazole rings is 1. The standard InChI is InChI=1S/C11H17N3O2S/c1-11(16)2-4-14(5-3-11)9(15)6-8-7-17-10(12)13-8/h7,16H,2-6H2,1H3,(H2,12,13). The van der Waals surface area contributed by atoms with E-state index in [2.05, 4.69) is 4.98 Å². The minimum Gasteiger partial charge on any atom is -0.390 e. The Morgan fingerprint density at radius 2 is 2.29 bits per heavy atom. The van der Waals surface area contributed by atoms with Crippen molar-refractivity contribution in [1.82, 2.24) is 9.88 Å². The van der Waals surface area contributed by atoms with E-state index in [0.29, 0.717) is 37.5 Å². The van der Waals surface area contributed by atoms with Crippen molar-refractivity contribution in [3.8, 4) is 0 Å². The molecule has 0 bridgehead atoms. The van der Waals surface area contributed by atoms with Crippen molar-refractivity contribution >= 4 is 22.4 Å². The molecular formula is C11H17N3O2S. The predicted molar refractivity (Wildman–Crippen MR) is 66.7 cm³/mol. The summed E-state index contributed by atoms with van der Waals surface area (Å²) >= 11 is 1.35. The van der Waals surface area contributed by atoms with Crippen LogP contribution < -0.4 is 5.73 Å². The first-order valence-electron chi connectivity index (χ1n) is 5.66. The minimum absolute atomic E-state index is 0.0609. The van der Waals surface area contributed by atoms with Gasteiger partial charge < -0.3 is 15.7 Å². The highest BCUT2D eigenvalue weighted by molar-refractivity contribution is 7.13. The molecule has 0 aromatic carbocycles. The largest absolute Gasteiger partial charge is 0.390 e. The highest BCUT2D eigenvalue weighted by Gasteiger charge is 2.29. The van der Waals surface area contributed by atoms with E-state index in [1.165, 1.54) is 11.3 Å². The van der Waals surface area contributed by atoms with Crippen LogP contribution in [0, 0.1) is 0 Å². The number of nitrogen functional groups attached to an aromatic ring is 1. The average Bonchev–Trinajstić information content (AvgIpc) is 2.63. The number of nitrogens with zero attached hydrogens (tertiary/aromatic N) is 2. The highest BCUT2D eigenvalue weighted by Crippen LogP contribution is 2.22. The van der Waals surface area contributed by atoms with Crippen LogP contribution >= 0.6 is 11.3 Å². The van der Waals surface area contributed by atoms with Gasteiger partial charge in [0.25, 0.3) is 0 Å². The normalized spacial score (nSPS) is 19.3. The van der Waals surface area contributed by atoms with Gasteiger partial charge in [-0.15, -0.1) is 11.3 Å². The molecule has 0 radical (unpaired) electrons. The lowest BCUT2D eigenvalue weighted by atomic mass is 9.94. The fraction of sp³-hybridized carbons (Fsp3) is 0.636. The molecule has 1 aliphatic heterocycles. The zero-order valence-corrected chi connectivity index (χ0v) is 10.7. The maximum atomic E-state index is 12.0. The van der Waals surface area contributed by atoms with Crippen LogP contribution in [0.2, 0.25) is 0 Å². The molecule has 1 saturated heterocycles. The first-order chi connectivity index (χ1) is 7.96. The fourth-order valence-electron chi connectivity index (χ4n) is 1.91. The van der Waals surface area contributed by atoms with Gasteiger partial charge in [0.15, 0.2) is 5.13 Å². The third-order valence-electron chi connectivity index (χ3n) is 3.10. The lowest BCUT2D eigenvalue weighted by molar-refractivity contribution is -0.134. The predicted octanol–water partition coefficient (Wildman–Crippen LogP) is 0.641. The van der Waals surface area contributed by atoms with Gasteiger partial charge >= 0.3 is 0 Å². The Morgan fingerprint density at radius 1 is 1.65 bits per heavy atom. The number of aromatic nitrogens is 1. The molecule has 1 fully saturated rings. The maximum absolute atomic E-state index is 12.0. The van der Waals surface area contributed by atoms with Crippen molar-refractivity contribution in [1.29, 1.82) is 0 Å². The molecule has 0 spiro atoms. The van der Waals surface area contributed by atoms with Crippen LogP contribution in [0.15, 0.2) is 5.38 Å². The van der Waals surface area contributed by atoms with Gasteiger partial charge in [-0.3, -0.25) is 4.79 Å². The quantitative estimate of drug-likeness (QED) is 0.813. The molecule has 0 saturated carbocycles. The molecule has 6 heteroatoms.